The van der Waals surface area contributed by atoms with Crippen LogP contribution in [0.25, 0.3) is 10.9 Å². The first-order chi connectivity index (χ1) is 14.4. The third-order valence-electron chi connectivity index (χ3n) is 5.62. The Morgan fingerprint density at radius 3 is 2.73 bits per heavy atom. The van der Waals surface area contributed by atoms with Gasteiger partial charge >= 0.3 is 0 Å². The molecular formula is C22H32N6OS. The van der Waals surface area contributed by atoms with Gasteiger partial charge in [-0.1, -0.05) is 18.9 Å². The number of thioether (sulfide) groups is 1. The first-order valence-corrected chi connectivity index (χ1v) is 12.0. The van der Waals surface area contributed by atoms with Gasteiger partial charge in [-0.25, -0.2) is 9.97 Å². The molecule has 0 bridgehead atoms. The molecule has 7 nitrogen and oxygen atoms in total. The van der Waals surface area contributed by atoms with Crippen LogP contribution in [0.3, 0.4) is 0 Å². The van der Waals surface area contributed by atoms with Gasteiger partial charge < -0.3 is 16.8 Å². The molecule has 0 aliphatic heterocycles. The molecule has 3 rings (SSSR count). The summed E-state index contributed by atoms with van der Waals surface area (Å²) in [5.41, 5.74) is 14.6. The summed E-state index contributed by atoms with van der Waals surface area (Å²) in [6.07, 6.45) is 8.35. The number of nitrogens with one attached hydrogen (secondary N) is 1. The van der Waals surface area contributed by atoms with Crippen LogP contribution in [0, 0.1) is 6.92 Å². The van der Waals surface area contributed by atoms with Crippen molar-refractivity contribution in [3.63, 3.8) is 0 Å². The van der Waals surface area contributed by atoms with Crippen LogP contribution in [-0.2, 0) is 6.42 Å². The van der Waals surface area contributed by atoms with Crippen molar-refractivity contribution in [1.29, 1.82) is 0 Å². The quantitative estimate of drug-likeness (QED) is 0.337. The number of rotatable bonds is 8. The number of hydrogen-bond donors (Lipinski definition) is 3. The molecule has 0 spiro atoms. The lowest BCUT2D eigenvalue weighted by Gasteiger charge is -2.31. The monoisotopic (exact) mass is 428 g/mol. The minimum Gasteiger partial charge on any atom is -0.388 e. The van der Waals surface area contributed by atoms with E-state index >= 15 is 0 Å². The second-order valence-electron chi connectivity index (χ2n) is 7.98. The van der Waals surface area contributed by atoms with Crippen LogP contribution >= 0.6 is 11.8 Å². The summed E-state index contributed by atoms with van der Waals surface area (Å²) in [5, 5.41) is 4.59. The van der Waals surface area contributed by atoms with Crippen molar-refractivity contribution >= 4 is 40.2 Å². The number of aliphatic imine (C=N–C) groups is 1. The van der Waals surface area contributed by atoms with Gasteiger partial charge in [0.1, 0.15) is 5.82 Å². The van der Waals surface area contributed by atoms with Gasteiger partial charge in [-0.05, 0) is 68.7 Å². The Bertz CT molecular complexity index is 941. The zero-order valence-electron chi connectivity index (χ0n) is 18.1. The molecule has 30 heavy (non-hydrogen) atoms. The highest BCUT2D eigenvalue weighted by atomic mass is 32.2. The van der Waals surface area contributed by atoms with Crippen LogP contribution in [-0.4, -0.2) is 45.8 Å². The normalized spacial score (nSPS) is 19.8. The average Bonchev–Trinajstić information content (AvgIpc) is 2.70. The lowest BCUT2D eigenvalue weighted by Crippen LogP contribution is -2.37. The predicted octanol–water partition coefficient (Wildman–Crippen LogP) is 3.43. The van der Waals surface area contributed by atoms with E-state index in [0.29, 0.717) is 11.7 Å². The molecule has 1 aromatic heterocycles. The van der Waals surface area contributed by atoms with E-state index in [2.05, 4.69) is 39.5 Å². The highest BCUT2D eigenvalue weighted by Crippen LogP contribution is 2.31. The van der Waals surface area contributed by atoms with Gasteiger partial charge in [-0.15, -0.1) is 0 Å². The van der Waals surface area contributed by atoms with Crippen LogP contribution < -0.4 is 16.8 Å². The molecule has 8 heteroatoms. The fourth-order valence-corrected chi connectivity index (χ4v) is 4.63. The van der Waals surface area contributed by atoms with Gasteiger partial charge in [0.2, 0.25) is 5.82 Å². The molecule has 1 aliphatic carbocycles. The Labute approximate surface area is 182 Å². The Balaban J connectivity index is 2.09. The molecular weight excluding hydrogens is 396 g/mol. The summed E-state index contributed by atoms with van der Waals surface area (Å²) < 4.78 is 0. The molecule has 1 aromatic carbocycles. The number of hydrogen-bond acceptors (Lipinski definition) is 6. The Morgan fingerprint density at radius 2 is 2.03 bits per heavy atom. The minimum absolute atomic E-state index is 0.0368. The van der Waals surface area contributed by atoms with Gasteiger partial charge in [0.05, 0.1) is 17.4 Å². The number of primary amides is 1. The number of carbonyl (C=O) groups excluding carboxylic acids is 1. The van der Waals surface area contributed by atoms with Crippen LogP contribution in [0.4, 0.5) is 5.82 Å². The lowest BCUT2D eigenvalue weighted by atomic mass is 9.90. The van der Waals surface area contributed by atoms with Crippen molar-refractivity contribution in [2.24, 2.45) is 16.5 Å². The number of amides is 1. The molecule has 0 unspecified atom stereocenters. The molecule has 1 amide bonds. The summed E-state index contributed by atoms with van der Waals surface area (Å²) >= 11 is 1.84. The van der Waals surface area contributed by atoms with E-state index in [1.54, 1.807) is 0 Å². The standard InChI is InChI=1S/C22H32N6OS/c1-13-10-11-18-19(15(13)7-6-12-30-3)21(28-22(27-18)20(24)29)26-17-9-5-4-8-16(17)25-14(2)23/h10-11,16-17H,4-9,12H2,1-3H3,(H2,23,25)(H2,24,29)(H,26,27,28)/t16-,17+/m1/s1. The van der Waals surface area contributed by atoms with Crippen LogP contribution in [0.5, 0.6) is 0 Å². The van der Waals surface area contributed by atoms with Crippen LogP contribution in [0.15, 0.2) is 17.1 Å². The van der Waals surface area contributed by atoms with E-state index in [9.17, 15) is 4.79 Å². The molecule has 1 fully saturated rings. The zero-order valence-corrected chi connectivity index (χ0v) is 18.9. The highest BCUT2D eigenvalue weighted by Gasteiger charge is 2.27. The lowest BCUT2D eigenvalue weighted by molar-refractivity contribution is 0.0991. The number of fused-ring (bicyclic) bond motifs is 1. The fourth-order valence-electron chi connectivity index (χ4n) is 4.20. The first kappa shape index (κ1) is 22.3. The predicted molar refractivity (Wildman–Crippen MR) is 126 cm³/mol. The van der Waals surface area contributed by atoms with E-state index in [4.69, 9.17) is 11.5 Å². The topological polar surface area (TPSA) is 119 Å². The summed E-state index contributed by atoms with van der Waals surface area (Å²) in [6.45, 7) is 3.94. The molecule has 1 heterocycles. The second kappa shape index (κ2) is 10.1. The van der Waals surface area contributed by atoms with Gasteiger partial charge in [-0.3, -0.25) is 9.79 Å². The molecule has 2 atom stereocenters. The Kier molecular flexibility index (Phi) is 7.53. The molecule has 5 N–H and O–H groups in total. The smallest absolute Gasteiger partial charge is 0.286 e. The number of anilines is 1. The fraction of sp³-hybridized carbons (Fsp3) is 0.545. The molecule has 2 aromatic rings. The van der Waals surface area contributed by atoms with Gasteiger partial charge in [-0.2, -0.15) is 11.8 Å². The molecule has 162 valence electrons. The number of amidine groups is 1. The molecule has 0 radical (unpaired) electrons. The first-order valence-electron chi connectivity index (χ1n) is 10.6. The molecule has 1 aliphatic rings. The summed E-state index contributed by atoms with van der Waals surface area (Å²) in [5.74, 6) is 1.77. The number of aryl methyl sites for hydroxylation is 2. The maximum absolute atomic E-state index is 11.9. The van der Waals surface area contributed by atoms with Crippen molar-refractivity contribution in [1.82, 2.24) is 9.97 Å². The molecule has 1 saturated carbocycles. The third kappa shape index (κ3) is 5.22. The number of nitrogens with two attached hydrogens (primary N) is 2. The summed E-state index contributed by atoms with van der Waals surface area (Å²) in [7, 11) is 0. The third-order valence-corrected chi connectivity index (χ3v) is 6.32. The largest absolute Gasteiger partial charge is 0.388 e. The van der Waals surface area contributed by atoms with E-state index in [1.807, 2.05) is 24.8 Å². The highest BCUT2D eigenvalue weighted by molar-refractivity contribution is 7.98. The molecule has 0 saturated heterocycles. The van der Waals surface area contributed by atoms with E-state index in [0.717, 1.165) is 55.2 Å². The van der Waals surface area contributed by atoms with E-state index in [1.165, 1.54) is 11.1 Å². The van der Waals surface area contributed by atoms with Crippen molar-refractivity contribution in [2.75, 3.05) is 17.3 Å². The number of benzene rings is 1. The van der Waals surface area contributed by atoms with E-state index < -0.39 is 5.91 Å². The maximum Gasteiger partial charge on any atom is 0.286 e. The van der Waals surface area contributed by atoms with Gasteiger partial charge in [0.25, 0.3) is 5.91 Å². The minimum atomic E-state index is -0.625. The average molecular weight is 429 g/mol. The Hall–Kier alpha value is -2.35. The SMILES string of the molecule is CSCCCc1c(C)ccc2nc(C(N)=O)nc(N[C@H]3CCCC[C@H]3N=C(C)N)c12. The van der Waals surface area contributed by atoms with Crippen LogP contribution in [0.1, 0.15) is 60.8 Å². The number of carbonyl (C=O) groups is 1. The number of aromatic nitrogens is 2. The second-order valence-corrected chi connectivity index (χ2v) is 8.97. The van der Waals surface area contributed by atoms with Gasteiger partial charge in [0, 0.05) is 11.4 Å². The van der Waals surface area contributed by atoms with Crippen molar-refractivity contribution in [2.45, 2.75) is 64.5 Å². The van der Waals surface area contributed by atoms with Crippen molar-refractivity contribution in [3.8, 4) is 0 Å². The van der Waals surface area contributed by atoms with Gasteiger partial charge in [0.15, 0.2) is 0 Å². The summed E-state index contributed by atoms with van der Waals surface area (Å²) in [4.78, 5) is 25.5. The summed E-state index contributed by atoms with van der Waals surface area (Å²) in [6, 6.07) is 4.21. The zero-order chi connectivity index (χ0) is 21.7. The van der Waals surface area contributed by atoms with Crippen LogP contribution in [0.2, 0.25) is 0 Å². The van der Waals surface area contributed by atoms with Crippen molar-refractivity contribution < 1.29 is 4.79 Å². The van der Waals surface area contributed by atoms with Crippen molar-refractivity contribution in [3.05, 3.63) is 29.1 Å². The van der Waals surface area contributed by atoms with E-state index in [-0.39, 0.29) is 17.9 Å². The number of nitrogens with zero attached hydrogens (tertiary/aromatic N) is 3. The Morgan fingerprint density at radius 1 is 1.27 bits per heavy atom. The maximum atomic E-state index is 11.9.